The number of benzene rings is 1. The molecule has 3 heteroatoms. The fourth-order valence-corrected chi connectivity index (χ4v) is 2.45. The van der Waals surface area contributed by atoms with E-state index in [9.17, 15) is 4.79 Å². The van der Waals surface area contributed by atoms with Crippen LogP contribution in [0.4, 0.5) is 0 Å². The van der Waals surface area contributed by atoms with E-state index in [1.165, 1.54) is 0 Å². The molecule has 0 saturated carbocycles. The largest absolute Gasteiger partial charge is 0.478 e. The SMILES string of the molecule is Cc1cc(C(=O)O)cc(C)c1-n1c(C)ccc1C. The molecule has 2 rings (SSSR count). The molecule has 1 aromatic heterocycles. The normalized spacial score (nSPS) is 10.7. The van der Waals surface area contributed by atoms with Crippen LogP contribution < -0.4 is 0 Å². The van der Waals surface area contributed by atoms with Gasteiger partial charge in [0, 0.05) is 11.4 Å². The maximum atomic E-state index is 11.0. The third kappa shape index (κ3) is 1.92. The van der Waals surface area contributed by atoms with Crippen LogP contribution in [0.3, 0.4) is 0 Å². The Morgan fingerprint density at radius 1 is 1.00 bits per heavy atom. The van der Waals surface area contributed by atoms with E-state index in [1.807, 2.05) is 13.8 Å². The van der Waals surface area contributed by atoms with Crippen molar-refractivity contribution in [3.05, 3.63) is 52.3 Å². The molecule has 1 heterocycles. The Morgan fingerprint density at radius 3 is 1.83 bits per heavy atom. The van der Waals surface area contributed by atoms with Gasteiger partial charge in [-0.2, -0.15) is 0 Å². The van der Waals surface area contributed by atoms with Crippen molar-refractivity contribution in [1.82, 2.24) is 4.57 Å². The molecule has 0 atom stereocenters. The lowest BCUT2D eigenvalue weighted by atomic mass is 10.0. The number of aryl methyl sites for hydroxylation is 4. The first kappa shape index (κ1) is 12.4. The van der Waals surface area contributed by atoms with Crippen LogP contribution in [0.2, 0.25) is 0 Å². The predicted octanol–water partition coefficient (Wildman–Crippen LogP) is 3.41. The van der Waals surface area contributed by atoms with E-state index in [1.54, 1.807) is 12.1 Å². The minimum Gasteiger partial charge on any atom is -0.478 e. The number of carboxylic acid groups (broad SMARTS) is 1. The monoisotopic (exact) mass is 243 g/mol. The second kappa shape index (κ2) is 4.33. The summed E-state index contributed by atoms with van der Waals surface area (Å²) < 4.78 is 2.16. The van der Waals surface area contributed by atoms with Crippen LogP contribution >= 0.6 is 0 Å². The van der Waals surface area contributed by atoms with Gasteiger partial charge in [-0.05, 0) is 63.1 Å². The molecule has 0 fully saturated rings. The number of carboxylic acids is 1. The third-order valence-corrected chi connectivity index (χ3v) is 3.23. The Labute approximate surface area is 107 Å². The number of hydrogen-bond acceptors (Lipinski definition) is 1. The van der Waals surface area contributed by atoms with Crippen molar-refractivity contribution in [2.24, 2.45) is 0 Å². The summed E-state index contributed by atoms with van der Waals surface area (Å²) in [7, 11) is 0. The quantitative estimate of drug-likeness (QED) is 0.878. The molecular formula is C15H17NO2. The zero-order valence-corrected chi connectivity index (χ0v) is 11.1. The van der Waals surface area contributed by atoms with Crippen LogP contribution in [0, 0.1) is 27.7 Å². The molecule has 18 heavy (non-hydrogen) atoms. The summed E-state index contributed by atoms with van der Waals surface area (Å²) in [6, 6.07) is 7.59. The number of aromatic nitrogens is 1. The van der Waals surface area contributed by atoms with Gasteiger partial charge in [0.1, 0.15) is 0 Å². The fraction of sp³-hybridized carbons (Fsp3) is 0.267. The molecule has 0 saturated heterocycles. The molecule has 1 N–H and O–H groups in total. The molecule has 3 nitrogen and oxygen atoms in total. The smallest absolute Gasteiger partial charge is 0.335 e. The molecule has 0 radical (unpaired) electrons. The summed E-state index contributed by atoms with van der Waals surface area (Å²) >= 11 is 0. The average molecular weight is 243 g/mol. The Balaban J connectivity index is 2.70. The van der Waals surface area contributed by atoms with Gasteiger partial charge in [-0.3, -0.25) is 0 Å². The molecule has 1 aromatic carbocycles. The van der Waals surface area contributed by atoms with Gasteiger partial charge in [0.05, 0.1) is 11.3 Å². The summed E-state index contributed by atoms with van der Waals surface area (Å²) in [5, 5.41) is 9.06. The first-order valence-corrected chi connectivity index (χ1v) is 5.91. The van der Waals surface area contributed by atoms with Crippen LogP contribution in [-0.2, 0) is 0 Å². The van der Waals surface area contributed by atoms with Crippen molar-refractivity contribution in [1.29, 1.82) is 0 Å². The van der Waals surface area contributed by atoms with Gasteiger partial charge in [-0.25, -0.2) is 4.79 Å². The lowest BCUT2D eigenvalue weighted by Gasteiger charge is -2.16. The molecule has 0 aliphatic carbocycles. The molecule has 2 aromatic rings. The summed E-state index contributed by atoms with van der Waals surface area (Å²) in [5.74, 6) is -0.881. The highest BCUT2D eigenvalue weighted by molar-refractivity contribution is 5.88. The highest BCUT2D eigenvalue weighted by atomic mass is 16.4. The topological polar surface area (TPSA) is 42.2 Å². The third-order valence-electron chi connectivity index (χ3n) is 3.23. The van der Waals surface area contributed by atoms with E-state index >= 15 is 0 Å². The molecular weight excluding hydrogens is 226 g/mol. The van der Waals surface area contributed by atoms with Gasteiger partial charge in [0.15, 0.2) is 0 Å². The highest BCUT2D eigenvalue weighted by Crippen LogP contribution is 2.25. The van der Waals surface area contributed by atoms with Crippen molar-refractivity contribution in [2.45, 2.75) is 27.7 Å². The first-order chi connectivity index (χ1) is 8.41. The van der Waals surface area contributed by atoms with Crippen molar-refractivity contribution in [2.75, 3.05) is 0 Å². The zero-order valence-electron chi connectivity index (χ0n) is 11.1. The molecule has 0 unspecified atom stereocenters. The van der Waals surface area contributed by atoms with Crippen molar-refractivity contribution in [3.63, 3.8) is 0 Å². The maximum Gasteiger partial charge on any atom is 0.335 e. The Hall–Kier alpha value is -2.03. The van der Waals surface area contributed by atoms with E-state index in [-0.39, 0.29) is 0 Å². The summed E-state index contributed by atoms with van der Waals surface area (Å²) in [5.41, 5.74) is 5.70. The van der Waals surface area contributed by atoms with Crippen molar-refractivity contribution < 1.29 is 9.90 Å². The Kier molecular flexibility index (Phi) is 2.99. The predicted molar refractivity (Wildman–Crippen MR) is 71.7 cm³/mol. The van der Waals surface area contributed by atoms with E-state index in [4.69, 9.17) is 5.11 Å². The summed E-state index contributed by atoms with van der Waals surface area (Å²) in [6.07, 6.45) is 0. The summed E-state index contributed by atoms with van der Waals surface area (Å²) in [6.45, 7) is 8.01. The number of rotatable bonds is 2. The number of aromatic carboxylic acids is 1. The minimum atomic E-state index is -0.881. The minimum absolute atomic E-state index is 0.344. The van der Waals surface area contributed by atoms with Gasteiger partial charge >= 0.3 is 5.97 Å². The maximum absolute atomic E-state index is 11.0. The summed E-state index contributed by atoms with van der Waals surface area (Å²) in [4.78, 5) is 11.0. The van der Waals surface area contributed by atoms with Gasteiger partial charge in [-0.1, -0.05) is 0 Å². The lowest BCUT2D eigenvalue weighted by Crippen LogP contribution is -2.06. The van der Waals surface area contributed by atoms with Crippen LogP contribution in [0.25, 0.3) is 5.69 Å². The lowest BCUT2D eigenvalue weighted by molar-refractivity contribution is 0.0696. The Bertz CT molecular complexity index is 581. The molecule has 0 aliphatic rings. The number of nitrogens with zero attached hydrogens (tertiary/aromatic N) is 1. The van der Waals surface area contributed by atoms with Gasteiger partial charge in [0.2, 0.25) is 0 Å². The second-order valence-electron chi connectivity index (χ2n) is 4.72. The van der Waals surface area contributed by atoms with Crippen LogP contribution in [0.1, 0.15) is 32.9 Å². The second-order valence-corrected chi connectivity index (χ2v) is 4.72. The first-order valence-electron chi connectivity index (χ1n) is 5.91. The zero-order chi connectivity index (χ0) is 13.4. The average Bonchev–Trinajstić information content (AvgIpc) is 2.59. The van der Waals surface area contributed by atoms with Gasteiger partial charge < -0.3 is 9.67 Å². The standard InChI is InChI=1S/C15H17NO2/c1-9-7-13(15(17)18)8-10(2)14(9)16-11(3)5-6-12(16)4/h5-8H,1-4H3,(H,17,18). The van der Waals surface area contributed by atoms with Crippen LogP contribution in [0.5, 0.6) is 0 Å². The Morgan fingerprint density at radius 2 is 1.44 bits per heavy atom. The highest BCUT2D eigenvalue weighted by Gasteiger charge is 2.13. The van der Waals surface area contributed by atoms with E-state index in [0.29, 0.717) is 5.56 Å². The van der Waals surface area contributed by atoms with E-state index in [0.717, 1.165) is 28.2 Å². The number of hydrogen-bond donors (Lipinski definition) is 1. The molecule has 0 bridgehead atoms. The van der Waals surface area contributed by atoms with Gasteiger partial charge in [-0.15, -0.1) is 0 Å². The van der Waals surface area contributed by atoms with Crippen LogP contribution in [0.15, 0.2) is 24.3 Å². The van der Waals surface area contributed by atoms with Crippen molar-refractivity contribution in [3.8, 4) is 5.69 Å². The molecule has 94 valence electrons. The van der Waals surface area contributed by atoms with Crippen LogP contribution in [-0.4, -0.2) is 15.6 Å². The van der Waals surface area contributed by atoms with E-state index < -0.39 is 5.97 Å². The molecule has 0 spiro atoms. The van der Waals surface area contributed by atoms with E-state index in [2.05, 4.69) is 30.5 Å². The molecule has 0 amide bonds. The van der Waals surface area contributed by atoms with Crippen molar-refractivity contribution >= 4 is 5.97 Å². The fourth-order valence-electron chi connectivity index (χ4n) is 2.45. The molecule has 0 aliphatic heterocycles. The number of carbonyl (C=O) groups is 1. The van der Waals surface area contributed by atoms with Gasteiger partial charge in [0.25, 0.3) is 0 Å².